The second-order valence-corrected chi connectivity index (χ2v) is 13.7. The number of benzene rings is 2. The molecule has 3 fully saturated rings. The van der Waals surface area contributed by atoms with Crippen LogP contribution in [0.2, 0.25) is 0 Å². The number of piperidine rings is 1. The van der Waals surface area contributed by atoms with Gasteiger partial charge in [0, 0.05) is 55.2 Å². The molecule has 2 aliphatic heterocycles. The lowest BCUT2D eigenvalue weighted by Crippen LogP contribution is -2.41. The molecule has 2 aromatic carbocycles. The van der Waals surface area contributed by atoms with E-state index in [1.807, 2.05) is 46.8 Å². The molecule has 2 saturated carbocycles. The molecule has 10 nitrogen and oxygen atoms in total. The molecule has 5 aromatic rings. The summed E-state index contributed by atoms with van der Waals surface area (Å²) >= 11 is 0. The van der Waals surface area contributed by atoms with Gasteiger partial charge in [0.2, 0.25) is 5.91 Å². The highest BCUT2D eigenvalue weighted by molar-refractivity contribution is 6.00. The third kappa shape index (κ3) is 4.46. The van der Waals surface area contributed by atoms with Crippen molar-refractivity contribution in [1.82, 2.24) is 24.0 Å². The molecule has 11 heteroatoms. The van der Waals surface area contributed by atoms with Crippen molar-refractivity contribution >= 4 is 39.6 Å². The van der Waals surface area contributed by atoms with Crippen molar-refractivity contribution in [2.75, 3.05) is 19.0 Å². The Kier molecular flexibility index (Phi) is 6.28. The standard InChI is InChI=1S/C36H36FN7O3/c1-42-33-26(13-23(15-29(33)47-2)36(46)44-17-21-6-9-27(44)31(21)38)40-35(42)28-14-20-5-8-25(39-34(20)43(28)16-18-3-4-18)22-11-19-7-10-30(45)41-32(19)24(37)12-22/h5,8,11-15,18,21,27,31H,3-4,6-7,9-10,16-17,38H2,1-2H3,(H,41,45)/t21?,27?,31-/m1/s1. The van der Waals surface area contributed by atoms with E-state index >= 15 is 4.39 Å². The number of rotatable bonds is 6. The smallest absolute Gasteiger partial charge is 0.254 e. The van der Waals surface area contributed by atoms with E-state index < -0.39 is 5.82 Å². The lowest BCUT2D eigenvalue weighted by Gasteiger charge is -2.27. The minimum atomic E-state index is -0.451. The van der Waals surface area contributed by atoms with Crippen LogP contribution in [0.1, 0.15) is 48.0 Å². The summed E-state index contributed by atoms with van der Waals surface area (Å²) in [5, 5.41) is 3.63. The Morgan fingerprint density at radius 3 is 2.68 bits per heavy atom. The van der Waals surface area contributed by atoms with Gasteiger partial charge in [-0.3, -0.25) is 9.59 Å². The van der Waals surface area contributed by atoms with Gasteiger partial charge in [-0.25, -0.2) is 14.4 Å². The minimum Gasteiger partial charge on any atom is -0.494 e. The van der Waals surface area contributed by atoms with E-state index in [2.05, 4.69) is 16.0 Å². The number of carbonyl (C=O) groups is 2. The van der Waals surface area contributed by atoms with E-state index in [0.29, 0.717) is 59.3 Å². The van der Waals surface area contributed by atoms with Gasteiger partial charge in [-0.05, 0) is 92.0 Å². The van der Waals surface area contributed by atoms with Crippen LogP contribution in [-0.4, -0.2) is 61.6 Å². The number of likely N-dealkylation sites (tertiary alicyclic amines) is 1. The largest absolute Gasteiger partial charge is 0.494 e. The Morgan fingerprint density at radius 2 is 1.94 bits per heavy atom. The summed E-state index contributed by atoms with van der Waals surface area (Å²) < 4.78 is 25.2. The fourth-order valence-corrected chi connectivity index (χ4v) is 8.08. The highest BCUT2D eigenvalue weighted by Crippen LogP contribution is 2.41. The van der Waals surface area contributed by atoms with E-state index in [1.54, 1.807) is 7.11 Å². The van der Waals surface area contributed by atoms with Gasteiger partial charge in [0.1, 0.15) is 22.7 Å². The van der Waals surface area contributed by atoms with Gasteiger partial charge >= 0.3 is 0 Å². The lowest BCUT2D eigenvalue weighted by molar-refractivity contribution is -0.116. The van der Waals surface area contributed by atoms with Crippen molar-refractivity contribution in [2.24, 2.45) is 24.6 Å². The molecule has 5 heterocycles. The van der Waals surface area contributed by atoms with Crippen molar-refractivity contribution in [3.63, 3.8) is 0 Å². The Balaban J connectivity index is 1.14. The summed E-state index contributed by atoms with van der Waals surface area (Å²) in [5.41, 5.74) is 12.6. The molecule has 0 radical (unpaired) electrons. The number of methoxy groups -OCH3 is 1. The number of halogens is 1. The van der Waals surface area contributed by atoms with Crippen molar-refractivity contribution in [3.05, 3.63) is 59.4 Å². The highest BCUT2D eigenvalue weighted by atomic mass is 19.1. The first-order valence-electron chi connectivity index (χ1n) is 16.5. The number of ether oxygens (including phenoxy) is 1. The Labute approximate surface area is 270 Å². The van der Waals surface area contributed by atoms with Gasteiger partial charge in [0.05, 0.1) is 29.7 Å². The first-order chi connectivity index (χ1) is 22.8. The van der Waals surface area contributed by atoms with Gasteiger partial charge in [0.25, 0.3) is 5.91 Å². The van der Waals surface area contributed by atoms with E-state index in [0.717, 1.165) is 65.9 Å². The maximum absolute atomic E-state index is 15.1. The average molecular weight is 634 g/mol. The number of pyridine rings is 1. The topological polar surface area (TPSA) is 120 Å². The van der Waals surface area contributed by atoms with Crippen LogP contribution in [0.25, 0.3) is 44.8 Å². The molecule has 3 atom stereocenters. The molecular weight excluding hydrogens is 597 g/mol. The molecular formula is C36H36FN7O3. The normalized spacial score (nSPS) is 21.9. The number of aryl methyl sites for hydroxylation is 2. The Morgan fingerprint density at radius 1 is 1.09 bits per heavy atom. The average Bonchev–Trinajstić information content (AvgIpc) is 3.48. The van der Waals surface area contributed by atoms with Gasteiger partial charge in [-0.2, -0.15) is 0 Å². The number of nitrogens with two attached hydrogens (primary N) is 1. The predicted molar refractivity (Wildman–Crippen MR) is 177 cm³/mol. The number of carbonyl (C=O) groups excluding carboxylic acids is 2. The maximum atomic E-state index is 15.1. The minimum absolute atomic E-state index is 0.0272. The molecule has 9 rings (SSSR count). The van der Waals surface area contributed by atoms with Crippen LogP contribution in [0.5, 0.6) is 5.75 Å². The van der Waals surface area contributed by atoms with Crippen molar-refractivity contribution in [1.29, 1.82) is 0 Å². The summed E-state index contributed by atoms with van der Waals surface area (Å²) in [7, 11) is 3.59. The zero-order valence-electron chi connectivity index (χ0n) is 26.4. The monoisotopic (exact) mass is 633 g/mol. The zero-order valence-corrected chi connectivity index (χ0v) is 26.4. The van der Waals surface area contributed by atoms with E-state index in [1.165, 1.54) is 6.07 Å². The van der Waals surface area contributed by atoms with Crippen LogP contribution >= 0.6 is 0 Å². The summed E-state index contributed by atoms with van der Waals surface area (Å²) in [6.07, 6.45) is 5.17. The van der Waals surface area contributed by atoms with Crippen LogP contribution in [0, 0.1) is 17.7 Å². The van der Waals surface area contributed by atoms with Crippen LogP contribution in [-0.2, 0) is 24.8 Å². The van der Waals surface area contributed by atoms with Gasteiger partial charge in [-0.15, -0.1) is 0 Å². The van der Waals surface area contributed by atoms with Crippen molar-refractivity contribution in [3.8, 4) is 28.5 Å². The molecule has 4 aliphatic rings. The van der Waals surface area contributed by atoms with Crippen LogP contribution in [0.15, 0.2) is 42.5 Å². The van der Waals surface area contributed by atoms with Crippen molar-refractivity contribution < 1.29 is 18.7 Å². The Bertz CT molecular complexity index is 2150. The number of imidazole rings is 1. The van der Waals surface area contributed by atoms with Crippen LogP contribution in [0.4, 0.5) is 10.1 Å². The first kappa shape index (κ1) is 28.5. The molecule has 2 amide bonds. The van der Waals surface area contributed by atoms with Gasteiger partial charge in [0.15, 0.2) is 5.82 Å². The predicted octanol–water partition coefficient (Wildman–Crippen LogP) is 5.26. The van der Waals surface area contributed by atoms with Gasteiger partial charge in [-0.1, -0.05) is 0 Å². The number of nitrogens with zero attached hydrogens (tertiary/aromatic N) is 5. The number of fused-ring (bicyclic) bond motifs is 5. The van der Waals surface area contributed by atoms with E-state index in [9.17, 15) is 9.59 Å². The third-order valence-corrected chi connectivity index (χ3v) is 10.8. The van der Waals surface area contributed by atoms with Crippen molar-refractivity contribution in [2.45, 2.75) is 57.2 Å². The zero-order chi connectivity index (χ0) is 32.1. The number of hydrogen-bond acceptors (Lipinski definition) is 6. The Hall–Kier alpha value is -4.77. The quantitative estimate of drug-likeness (QED) is 0.263. The number of aromatic nitrogens is 4. The molecule has 1 saturated heterocycles. The fourth-order valence-electron chi connectivity index (χ4n) is 8.08. The first-order valence-corrected chi connectivity index (χ1v) is 16.5. The lowest BCUT2D eigenvalue weighted by atomic mass is 9.98. The van der Waals surface area contributed by atoms with Crippen LogP contribution in [0.3, 0.4) is 0 Å². The second-order valence-electron chi connectivity index (χ2n) is 13.7. The molecule has 0 spiro atoms. The van der Waals surface area contributed by atoms with Crippen LogP contribution < -0.4 is 15.8 Å². The second kappa shape index (κ2) is 10.4. The number of hydrogen-bond donors (Lipinski definition) is 2. The highest BCUT2D eigenvalue weighted by Gasteiger charge is 2.47. The summed E-state index contributed by atoms with van der Waals surface area (Å²) in [5.74, 6) is 1.62. The number of nitrogens with one attached hydrogen (secondary N) is 1. The molecule has 2 unspecified atom stereocenters. The maximum Gasteiger partial charge on any atom is 0.254 e. The summed E-state index contributed by atoms with van der Waals surface area (Å²) in [6.45, 7) is 1.49. The molecule has 2 bridgehead atoms. The SMILES string of the molecule is COc1cc(C(=O)N2CC3CCC2[C@@H]3N)cc2nc(-c3cc4ccc(-c5cc(F)c6c(c5)CCC(=O)N6)nc4n3CC3CC3)n(C)c12. The van der Waals surface area contributed by atoms with Gasteiger partial charge < -0.3 is 29.8 Å². The number of amides is 2. The molecule has 47 heavy (non-hydrogen) atoms. The van der Waals surface area contributed by atoms with E-state index in [4.69, 9.17) is 20.4 Å². The molecule has 2 aliphatic carbocycles. The number of anilines is 1. The summed E-state index contributed by atoms with van der Waals surface area (Å²) in [4.78, 5) is 37.7. The molecule has 3 aromatic heterocycles. The molecule has 3 N–H and O–H groups in total. The summed E-state index contributed by atoms with van der Waals surface area (Å²) in [6, 6.07) is 13.3. The third-order valence-electron chi connectivity index (χ3n) is 10.8. The van der Waals surface area contributed by atoms with E-state index in [-0.39, 0.29) is 29.6 Å². The molecule has 240 valence electrons. The fraction of sp³-hybridized carbons (Fsp3) is 0.389.